The summed E-state index contributed by atoms with van der Waals surface area (Å²) in [6.07, 6.45) is 3.43. The molecule has 88 valence electrons. The summed E-state index contributed by atoms with van der Waals surface area (Å²) in [5, 5.41) is 0.932. The Balaban J connectivity index is 2.25. The van der Waals surface area contributed by atoms with Crippen molar-refractivity contribution >= 4 is 11.6 Å². The van der Waals surface area contributed by atoms with E-state index < -0.39 is 0 Å². The number of benzene rings is 1. The van der Waals surface area contributed by atoms with Gasteiger partial charge in [-0.1, -0.05) is 37.6 Å². The van der Waals surface area contributed by atoms with Gasteiger partial charge in [0.2, 0.25) is 0 Å². The molecule has 0 spiro atoms. The van der Waals surface area contributed by atoms with Gasteiger partial charge in [-0.05, 0) is 54.3 Å². The Labute approximate surface area is 103 Å². The van der Waals surface area contributed by atoms with Crippen molar-refractivity contribution < 1.29 is 0 Å². The summed E-state index contributed by atoms with van der Waals surface area (Å²) in [7, 11) is 0. The highest BCUT2D eigenvalue weighted by Crippen LogP contribution is 2.38. The standard InChI is InChI=1S/C14H20ClN/c1-14(2,9-16)11-6-7-12-10(8-11)4-3-5-13(12)15/h3-5,11H,6-9,16H2,1-2H3. The average molecular weight is 238 g/mol. The Kier molecular flexibility index (Phi) is 3.27. The molecule has 0 amide bonds. The summed E-state index contributed by atoms with van der Waals surface area (Å²) in [6, 6.07) is 6.26. The van der Waals surface area contributed by atoms with E-state index in [2.05, 4.69) is 26.0 Å². The fourth-order valence-electron chi connectivity index (χ4n) is 2.59. The first-order valence-corrected chi connectivity index (χ1v) is 6.39. The first kappa shape index (κ1) is 11.9. The van der Waals surface area contributed by atoms with Crippen LogP contribution in [0.4, 0.5) is 0 Å². The quantitative estimate of drug-likeness (QED) is 0.838. The highest BCUT2D eigenvalue weighted by Gasteiger charge is 2.31. The van der Waals surface area contributed by atoms with Crippen LogP contribution in [-0.4, -0.2) is 6.54 Å². The van der Waals surface area contributed by atoms with Crippen LogP contribution in [0.25, 0.3) is 0 Å². The van der Waals surface area contributed by atoms with E-state index in [1.807, 2.05) is 6.07 Å². The third-order valence-electron chi connectivity index (χ3n) is 4.06. The first-order valence-electron chi connectivity index (χ1n) is 6.01. The first-order chi connectivity index (χ1) is 7.54. The Bertz CT molecular complexity index is 384. The van der Waals surface area contributed by atoms with Gasteiger partial charge in [0.15, 0.2) is 0 Å². The highest BCUT2D eigenvalue weighted by molar-refractivity contribution is 6.31. The van der Waals surface area contributed by atoms with Crippen molar-refractivity contribution in [3.63, 3.8) is 0 Å². The van der Waals surface area contributed by atoms with Gasteiger partial charge in [-0.25, -0.2) is 0 Å². The molecule has 1 aliphatic carbocycles. The van der Waals surface area contributed by atoms with Gasteiger partial charge in [-0.3, -0.25) is 0 Å². The van der Waals surface area contributed by atoms with E-state index in [1.54, 1.807) is 0 Å². The zero-order valence-corrected chi connectivity index (χ0v) is 10.8. The van der Waals surface area contributed by atoms with Gasteiger partial charge in [-0.15, -0.1) is 0 Å². The molecular formula is C14H20ClN. The molecule has 0 saturated heterocycles. The average Bonchev–Trinajstić information content (AvgIpc) is 2.29. The maximum atomic E-state index is 6.21. The second-order valence-electron chi connectivity index (χ2n) is 5.51. The topological polar surface area (TPSA) is 26.0 Å². The Morgan fingerprint density at radius 3 is 2.88 bits per heavy atom. The van der Waals surface area contributed by atoms with Crippen LogP contribution in [0.1, 0.15) is 31.4 Å². The highest BCUT2D eigenvalue weighted by atomic mass is 35.5. The number of rotatable bonds is 2. The maximum absolute atomic E-state index is 6.21. The number of halogens is 1. The predicted octanol–water partition coefficient (Wildman–Crippen LogP) is 3.43. The van der Waals surface area contributed by atoms with E-state index in [0.29, 0.717) is 5.92 Å². The molecule has 1 atom stereocenters. The molecule has 0 aromatic heterocycles. The summed E-state index contributed by atoms with van der Waals surface area (Å²) in [5.41, 5.74) is 8.87. The minimum absolute atomic E-state index is 0.236. The van der Waals surface area contributed by atoms with Gasteiger partial charge in [-0.2, -0.15) is 0 Å². The molecule has 16 heavy (non-hydrogen) atoms. The lowest BCUT2D eigenvalue weighted by Crippen LogP contribution is -2.35. The molecule has 2 heteroatoms. The molecule has 2 N–H and O–H groups in total. The molecule has 0 fully saturated rings. The smallest absolute Gasteiger partial charge is 0.0440 e. The second-order valence-corrected chi connectivity index (χ2v) is 5.92. The van der Waals surface area contributed by atoms with Gasteiger partial charge in [0.1, 0.15) is 0 Å². The fourth-order valence-corrected chi connectivity index (χ4v) is 2.88. The second kappa shape index (κ2) is 4.38. The number of hydrogen-bond acceptors (Lipinski definition) is 1. The molecule has 1 aromatic carbocycles. The number of nitrogens with two attached hydrogens (primary N) is 1. The van der Waals surface area contributed by atoms with E-state index in [0.717, 1.165) is 24.4 Å². The largest absolute Gasteiger partial charge is 0.330 e. The summed E-state index contributed by atoms with van der Waals surface area (Å²) in [5.74, 6) is 0.684. The van der Waals surface area contributed by atoms with Crippen LogP contribution in [0.2, 0.25) is 5.02 Å². The Morgan fingerprint density at radius 2 is 2.19 bits per heavy atom. The third-order valence-corrected chi connectivity index (χ3v) is 4.41. The van der Waals surface area contributed by atoms with Crippen molar-refractivity contribution in [2.75, 3.05) is 6.54 Å². The SMILES string of the molecule is CC(C)(CN)C1CCc2c(Cl)cccc2C1. The predicted molar refractivity (Wildman–Crippen MR) is 69.8 cm³/mol. The molecular weight excluding hydrogens is 218 g/mol. The molecule has 1 aliphatic rings. The lowest BCUT2D eigenvalue weighted by molar-refractivity contribution is 0.200. The van der Waals surface area contributed by atoms with Gasteiger partial charge in [0.25, 0.3) is 0 Å². The summed E-state index contributed by atoms with van der Waals surface area (Å²) >= 11 is 6.21. The van der Waals surface area contributed by atoms with Gasteiger partial charge >= 0.3 is 0 Å². The lowest BCUT2D eigenvalue weighted by Gasteiger charge is -2.37. The zero-order chi connectivity index (χ0) is 11.8. The van der Waals surface area contributed by atoms with Crippen molar-refractivity contribution in [2.24, 2.45) is 17.1 Å². The number of hydrogen-bond donors (Lipinski definition) is 1. The maximum Gasteiger partial charge on any atom is 0.0440 e. The minimum Gasteiger partial charge on any atom is -0.330 e. The summed E-state index contributed by atoms with van der Waals surface area (Å²) in [6.45, 7) is 5.30. The summed E-state index contributed by atoms with van der Waals surface area (Å²) in [4.78, 5) is 0. The molecule has 1 aromatic rings. The normalized spacial score (nSPS) is 20.6. The van der Waals surface area contributed by atoms with Crippen LogP contribution in [-0.2, 0) is 12.8 Å². The monoisotopic (exact) mass is 237 g/mol. The molecule has 0 heterocycles. The Hall–Kier alpha value is -0.530. The van der Waals surface area contributed by atoms with E-state index in [-0.39, 0.29) is 5.41 Å². The molecule has 0 saturated carbocycles. The molecule has 0 bridgehead atoms. The van der Waals surface area contributed by atoms with Crippen molar-refractivity contribution in [3.8, 4) is 0 Å². The van der Waals surface area contributed by atoms with Crippen LogP contribution >= 0.6 is 11.6 Å². The minimum atomic E-state index is 0.236. The van der Waals surface area contributed by atoms with E-state index in [9.17, 15) is 0 Å². The number of fused-ring (bicyclic) bond motifs is 1. The van der Waals surface area contributed by atoms with Crippen molar-refractivity contribution in [2.45, 2.75) is 33.1 Å². The molecule has 0 radical (unpaired) electrons. The molecule has 0 aliphatic heterocycles. The third kappa shape index (κ3) is 2.11. The zero-order valence-electron chi connectivity index (χ0n) is 10.1. The molecule has 1 unspecified atom stereocenters. The summed E-state index contributed by atoms with van der Waals surface area (Å²) < 4.78 is 0. The van der Waals surface area contributed by atoms with E-state index in [1.165, 1.54) is 17.5 Å². The van der Waals surface area contributed by atoms with Gasteiger partial charge in [0, 0.05) is 5.02 Å². The van der Waals surface area contributed by atoms with Crippen LogP contribution < -0.4 is 5.73 Å². The molecule has 2 rings (SSSR count). The fraction of sp³-hybridized carbons (Fsp3) is 0.571. The van der Waals surface area contributed by atoms with Crippen molar-refractivity contribution in [1.82, 2.24) is 0 Å². The van der Waals surface area contributed by atoms with Gasteiger partial charge in [0.05, 0.1) is 0 Å². The van der Waals surface area contributed by atoms with Crippen LogP contribution in [0.3, 0.4) is 0 Å². The van der Waals surface area contributed by atoms with Crippen LogP contribution in [0, 0.1) is 11.3 Å². The van der Waals surface area contributed by atoms with Crippen LogP contribution in [0.15, 0.2) is 18.2 Å². The van der Waals surface area contributed by atoms with Crippen molar-refractivity contribution in [1.29, 1.82) is 0 Å². The van der Waals surface area contributed by atoms with E-state index >= 15 is 0 Å². The molecule has 1 nitrogen and oxygen atoms in total. The van der Waals surface area contributed by atoms with Crippen molar-refractivity contribution in [3.05, 3.63) is 34.3 Å². The van der Waals surface area contributed by atoms with Gasteiger partial charge < -0.3 is 5.73 Å². The lowest BCUT2D eigenvalue weighted by atomic mass is 9.69. The van der Waals surface area contributed by atoms with E-state index in [4.69, 9.17) is 17.3 Å². The van der Waals surface area contributed by atoms with Crippen LogP contribution in [0.5, 0.6) is 0 Å². The Morgan fingerprint density at radius 1 is 1.44 bits per heavy atom.